The standard InChI is InChI=1S/C13H14ClFN2O2S/c14-11-7-10(15)1-2-12(11)20-8-13(19)17-5-3-16(9-18)4-6-17/h1-2,7,9H,3-6,8H2. The minimum Gasteiger partial charge on any atom is -0.342 e. The second-order valence-corrected chi connectivity index (χ2v) is 5.81. The smallest absolute Gasteiger partial charge is 0.233 e. The van der Waals surface area contributed by atoms with Gasteiger partial charge >= 0.3 is 0 Å². The molecule has 0 spiro atoms. The fourth-order valence-electron chi connectivity index (χ4n) is 1.90. The summed E-state index contributed by atoms with van der Waals surface area (Å²) in [5, 5.41) is 0.313. The molecule has 0 atom stereocenters. The SMILES string of the molecule is O=CN1CCN(C(=O)CSc2ccc(F)cc2Cl)CC1. The van der Waals surface area contributed by atoms with Crippen LogP contribution in [0.2, 0.25) is 5.02 Å². The molecule has 1 aromatic carbocycles. The minimum absolute atomic E-state index is 0.000871. The van der Waals surface area contributed by atoms with E-state index >= 15 is 0 Å². The van der Waals surface area contributed by atoms with Crippen molar-refractivity contribution in [2.24, 2.45) is 0 Å². The summed E-state index contributed by atoms with van der Waals surface area (Å²) in [5.41, 5.74) is 0. The number of hydrogen-bond donors (Lipinski definition) is 0. The monoisotopic (exact) mass is 316 g/mol. The molecule has 4 nitrogen and oxygen atoms in total. The van der Waals surface area contributed by atoms with Crippen LogP contribution in [0.5, 0.6) is 0 Å². The predicted molar refractivity (Wildman–Crippen MR) is 76.4 cm³/mol. The number of thioether (sulfide) groups is 1. The van der Waals surface area contributed by atoms with Gasteiger partial charge in [0.15, 0.2) is 0 Å². The van der Waals surface area contributed by atoms with E-state index in [1.807, 2.05) is 0 Å². The van der Waals surface area contributed by atoms with Gasteiger partial charge in [-0.05, 0) is 18.2 Å². The van der Waals surface area contributed by atoms with E-state index in [1.54, 1.807) is 15.9 Å². The third-order valence-corrected chi connectivity index (χ3v) is 4.54. The fraction of sp³-hybridized carbons (Fsp3) is 0.385. The molecule has 0 aromatic heterocycles. The van der Waals surface area contributed by atoms with Crippen molar-refractivity contribution >= 4 is 35.7 Å². The first-order chi connectivity index (χ1) is 9.60. The molecule has 108 valence electrons. The van der Waals surface area contributed by atoms with Gasteiger partial charge in [0, 0.05) is 31.1 Å². The molecule has 0 aliphatic carbocycles. The highest BCUT2D eigenvalue weighted by Gasteiger charge is 2.20. The Hall–Kier alpha value is -1.27. The first-order valence-electron chi connectivity index (χ1n) is 6.15. The largest absolute Gasteiger partial charge is 0.342 e. The molecule has 1 aliphatic heterocycles. The highest BCUT2D eigenvalue weighted by molar-refractivity contribution is 8.00. The minimum atomic E-state index is -0.393. The van der Waals surface area contributed by atoms with Gasteiger partial charge in [-0.2, -0.15) is 0 Å². The van der Waals surface area contributed by atoms with Crippen LogP contribution in [0.1, 0.15) is 0 Å². The number of carbonyl (C=O) groups excluding carboxylic acids is 2. The number of benzene rings is 1. The molecule has 1 aromatic rings. The normalized spacial score (nSPS) is 15.3. The van der Waals surface area contributed by atoms with Gasteiger partial charge in [0.05, 0.1) is 10.8 Å². The van der Waals surface area contributed by atoms with Gasteiger partial charge in [-0.3, -0.25) is 9.59 Å². The third-order valence-electron chi connectivity index (χ3n) is 3.06. The molecule has 2 rings (SSSR count). The van der Waals surface area contributed by atoms with Gasteiger partial charge in [-0.15, -0.1) is 11.8 Å². The summed E-state index contributed by atoms with van der Waals surface area (Å²) in [5.74, 6) is -0.136. The van der Waals surface area contributed by atoms with Crippen LogP contribution in [0.25, 0.3) is 0 Å². The Morgan fingerprint density at radius 2 is 2.05 bits per heavy atom. The van der Waals surface area contributed by atoms with Crippen molar-refractivity contribution in [2.75, 3.05) is 31.9 Å². The highest BCUT2D eigenvalue weighted by Crippen LogP contribution is 2.27. The zero-order chi connectivity index (χ0) is 14.5. The molecule has 0 bridgehead atoms. The molecule has 1 aliphatic rings. The average molecular weight is 317 g/mol. The molecule has 0 saturated carbocycles. The Morgan fingerprint density at radius 1 is 1.35 bits per heavy atom. The molecular weight excluding hydrogens is 303 g/mol. The van der Waals surface area contributed by atoms with E-state index in [1.165, 1.54) is 23.9 Å². The van der Waals surface area contributed by atoms with E-state index in [0.29, 0.717) is 36.1 Å². The third kappa shape index (κ3) is 3.86. The summed E-state index contributed by atoms with van der Waals surface area (Å²) >= 11 is 7.20. The summed E-state index contributed by atoms with van der Waals surface area (Å²) in [7, 11) is 0. The molecule has 0 unspecified atom stereocenters. The highest BCUT2D eigenvalue weighted by atomic mass is 35.5. The van der Waals surface area contributed by atoms with E-state index in [-0.39, 0.29) is 11.7 Å². The number of amides is 2. The average Bonchev–Trinajstić information content (AvgIpc) is 2.46. The number of carbonyl (C=O) groups is 2. The Morgan fingerprint density at radius 3 is 2.65 bits per heavy atom. The van der Waals surface area contributed by atoms with Gasteiger partial charge in [0.1, 0.15) is 5.82 Å². The van der Waals surface area contributed by atoms with E-state index in [0.717, 1.165) is 6.41 Å². The van der Waals surface area contributed by atoms with Crippen LogP contribution in [0.4, 0.5) is 4.39 Å². The van der Waals surface area contributed by atoms with E-state index in [2.05, 4.69) is 0 Å². The summed E-state index contributed by atoms with van der Waals surface area (Å²) in [4.78, 5) is 26.7. The summed E-state index contributed by atoms with van der Waals surface area (Å²) in [6.45, 7) is 2.24. The van der Waals surface area contributed by atoms with Crippen molar-refractivity contribution in [3.63, 3.8) is 0 Å². The predicted octanol–water partition coefficient (Wildman–Crippen LogP) is 1.87. The number of halogens is 2. The Bertz CT molecular complexity index is 507. The maximum Gasteiger partial charge on any atom is 0.233 e. The lowest BCUT2D eigenvalue weighted by atomic mass is 10.3. The number of rotatable bonds is 4. The zero-order valence-electron chi connectivity index (χ0n) is 10.7. The van der Waals surface area contributed by atoms with Crippen LogP contribution in [-0.4, -0.2) is 54.0 Å². The quantitative estimate of drug-likeness (QED) is 0.629. The van der Waals surface area contributed by atoms with Gasteiger partial charge in [-0.25, -0.2) is 4.39 Å². The van der Waals surface area contributed by atoms with Crippen LogP contribution in [0.15, 0.2) is 23.1 Å². The Labute approximate surface area is 125 Å². The summed E-state index contributed by atoms with van der Waals surface area (Å²) < 4.78 is 12.9. The van der Waals surface area contributed by atoms with Crippen molar-refractivity contribution in [2.45, 2.75) is 4.90 Å². The van der Waals surface area contributed by atoms with Crippen molar-refractivity contribution in [3.05, 3.63) is 29.0 Å². The lowest BCUT2D eigenvalue weighted by Gasteiger charge is -2.32. The molecule has 7 heteroatoms. The molecule has 1 saturated heterocycles. The van der Waals surface area contributed by atoms with Crippen molar-refractivity contribution < 1.29 is 14.0 Å². The molecule has 0 N–H and O–H groups in total. The van der Waals surface area contributed by atoms with Crippen LogP contribution in [-0.2, 0) is 9.59 Å². The van der Waals surface area contributed by atoms with Crippen molar-refractivity contribution in [3.8, 4) is 0 Å². The molecule has 20 heavy (non-hydrogen) atoms. The summed E-state index contributed by atoms with van der Waals surface area (Å²) in [6, 6.07) is 4.12. The Kier molecular flexibility index (Phi) is 5.25. The van der Waals surface area contributed by atoms with Gasteiger partial charge < -0.3 is 9.80 Å². The number of hydrogen-bond acceptors (Lipinski definition) is 3. The van der Waals surface area contributed by atoms with Crippen molar-refractivity contribution in [1.29, 1.82) is 0 Å². The molecular formula is C13H14ClFN2O2S. The van der Waals surface area contributed by atoms with Crippen LogP contribution >= 0.6 is 23.4 Å². The first kappa shape index (κ1) is 15.1. The van der Waals surface area contributed by atoms with Crippen LogP contribution in [0.3, 0.4) is 0 Å². The molecule has 1 fully saturated rings. The van der Waals surface area contributed by atoms with Crippen LogP contribution < -0.4 is 0 Å². The second-order valence-electron chi connectivity index (χ2n) is 4.39. The fourth-order valence-corrected chi connectivity index (χ4v) is 3.05. The maximum absolute atomic E-state index is 12.9. The lowest BCUT2D eigenvalue weighted by molar-refractivity contribution is -0.132. The van der Waals surface area contributed by atoms with E-state index in [9.17, 15) is 14.0 Å². The van der Waals surface area contributed by atoms with Crippen LogP contribution in [0, 0.1) is 5.82 Å². The van der Waals surface area contributed by atoms with E-state index in [4.69, 9.17) is 11.6 Å². The lowest BCUT2D eigenvalue weighted by Crippen LogP contribution is -2.48. The van der Waals surface area contributed by atoms with Gasteiger partial charge in [0.25, 0.3) is 0 Å². The summed E-state index contributed by atoms with van der Waals surface area (Å²) in [6.07, 6.45) is 0.800. The van der Waals surface area contributed by atoms with Gasteiger partial charge in [0.2, 0.25) is 12.3 Å². The van der Waals surface area contributed by atoms with Gasteiger partial charge in [-0.1, -0.05) is 11.6 Å². The maximum atomic E-state index is 12.9. The Balaban J connectivity index is 1.85. The zero-order valence-corrected chi connectivity index (χ0v) is 12.3. The second kappa shape index (κ2) is 6.95. The number of nitrogens with zero attached hydrogens (tertiary/aromatic N) is 2. The molecule has 0 radical (unpaired) electrons. The molecule has 1 heterocycles. The molecule has 2 amide bonds. The van der Waals surface area contributed by atoms with Crippen molar-refractivity contribution in [1.82, 2.24) is 9.80 Å². The number of piperazine rings is 1. The topological polar surface area (TPSA) is 40.6 Å². The van der Waals surface area contributed by atoms with E-state index < -0.39 is 5.82 Å². The first-order valence-corrected chi connectivity index (χ1v) is 7.51.